The molecule has 102 valence electrons. The Hall–Kier alpha value is -2.63. The number of hydrogen-bond donors (Lipinski definition) is 3. The van der Waals surface area contributed by atoms with Crippen LogP contribution in [0.5, 0.6) is 0 Å². The summed E-state index contributed by atoms with van der Waals surface area (Å²) >= 11 is 0. The van der Waals surface area contributed by atoms with Gasteiger partial charge in [0.25, 0.3) is 11.8 Å². The number of aromatic nitrogens is 2. The molecule has 0 radical (unpaired) electrons. The van der Waals surface area contributed by atoms with Gasteiger partial charge in [0.2, 0.25) is 0 Å². The molecule has 2 amide bonds. The Kier molecular flexibility index (Phi) is 3.20. The van der Waals surface area contributed by atoms with Crippen molar-refractivity contribution in [2.24, 2.45) is 0 Å². The zero-order valence-electron chi connectivity index (χ0n) is 10.7. The number of benzene rings is 1. The topological polar surface area (TPSA) is 86.9 Å². The van der Waals surface area contributed by atoms with Gasteiger partial charge in [-0.05, 0) is 25.0 Å². The quantitative estimate of drug-likeness (QED) is 0.787. The van der Waals surface area contributed by atoms with Crippen LogP contribution in [0.15, 0.2) is 36.7 Å². The molecular formula is C14H14N4O2. The lowest BCUT2D eigenvalue weighted by atomic mass is 10.1. The third-order valence-corrected chi connectivity index (χ3v) is 3.09. The third kappa shape index (κ3) is 2.69. The summed E-state index contributed by atoms with van der Waals surface area (Å²) < 4.78 is 0. The van der Waals surface area contributed by atoms with Crippen LogP contribution in [0.2, 0.25) is 0 Å². The highest BCUT2D eigenvalue weighted by molar-refractivity contribution is 6.08. The molecule has 2 aromatic rings. The van der Waals surface area contributed by atoms with Crippen molar-refractivity contribution in [2.75, 3.05) is 5.32 Å². The summed E-state index contributed by atoms with van der Waals surface area (Å²) in [5.41, 5.74) is 1.38. The van der Waals surface area contributed by atoms with Crippen LogP contribution in [0.4, 0.5) is 5.69 Å². The van der Waals surface area contributed by atoms with Crippen LogP contribution in [-0.4, -0.2) is 28.1 Å². The first-order valence-corrected chi connectivity index (χ1v) is 6.44. The van der Waals surface area contributed by atoms with Gasteiger partial charge in [-0.25, -0.2) is 0 Å². The van der Waals surface area contributed by atoms with Gasteiger partial charge in [0.15, 0.2) is 0 Å². The van der Waals surface area contributed by atoms with E-state index in [1.807, 2.05) is 0 Å². The first kappa shape index (κ1) is 12.4. The van der Waals surface area contributed by atoms with Crippen LogP contribution in [0.3, 0.4) is 0 Å². The summed E-state index contributed by atoms with van der Waals surface area (Å²) in [4.78, 5) is 24.1. The lowest BCUT2D eigenvalue weighted by Gasteiger charge is -2.10. The van der Waals surface area contributed by atoms with E-state index in [9.17, 15) is 9.59 Å². The molecule has 20 heavy (non-hydrogen) atoms. The Balaban J connectivity index is 1.78. The second-order valence-electron chi connectivity index (χ2n) is 4.73. The van der Waals surface area contributed by atoms with Gasteiger partial charge in [0.1, 0.15) is 0 Å². The Bertz CT molecular complexity index is 632. The Morgan fingerprint density at radius 2 is 2.00 bits per heavy atom. The van der Waals surface area contributed by atoms with Gasteiger partial charge < -0.3 is 10.6 Å². The smallest absolute Gasteiger partial charge is 0.258 e. The number of para-hydroxylation sites is 1. The number of rotatable bonds is 4. The number of hydrogen-bond acceptors (Lipinski definition) is 3. The number of amides is 2. The summed E-state index contributed by atoms with van der Waals surface area (Å²) in [6.45, 7) is 0. The minimum absolute atomic E-state index is 0.157. The summed E-state index contributed by atoms with van der Waals surface area (Å²) in [5, 5.41) is 11.9. The highest BCUT2D eigenvalue weighted by Gasteiger charge is 2.25. The fourth-order valence-corrected chi connectivity index (χ4v) is 1.85. The molecule has 0 unspecified atom stereocenters. The van der Waals surface area contributed by atoms with E-state index in [0.717, 1.165) is 12.8 Å². The highest BCUT2D eigenvalue weighted by atomic mass is 16.2. The fourth-order valence-electron chi connectivity index (χ4n) is 1.85. The molecule has 3 rings (SSSR count). The van der Waals surface area contributed by atoms with Gasteiger partial charge >= 0.3 is 0 Å². The molecule has 3 N–H and O–H groups in total. The van der Waals surface area contributed by atoms with Crippen molar-refractivity contribution in [3.63, 3.8) is 0 Å². The summed E-state index contributed by atoms with van der Waals surface area (Å²) in [6, 6.07) is 7.23. The second kappa shape index (κ2) is 5.16. The first-order valence-electron chi connectivity index (χ1n) is 6.44. The molecule has 1 fully saturated rings. The molecule has 1 aromatic heterocycles. The number of anilines is 1. The molecule has 0 spiro atoms. The van der Waals surface area contributed by atoms with Gasteiger partial charge in [0, 0.05) is 12.2 Å². The van der Waals surface area contributed by atoms with Gasteiger partial charge in [-0.1, -0.05) is 12.1 Å². The number of nitrogens with one attached hydrogen (secondary N) is 3. The normalized spacial score (nSPS) is 13.8. The molecule has 1 saturated carbocycles. The Labute approximate surface area is 115 Å². The largest absolute Gasteiger partial charge is 0.349 e. The highest BCUT2D eigenvalue weighted by Crippen LogP contribution is 2.21. The van der Waals surface area contributed by atoms with E-state index in [1.54, 1.807) is 24.3 Å². The van der Waals surface area contributed by atoms with Gasteiger partial charge in [-0.2, -0.15) is 5.10 Å². The minimum atomic E-state index is -0.301. The van der Waals surface area contributed by atoms with E-state index >= 15 is 0 Å². The van der Waals surface area contributed by atoms with Gasteiger partial charge in [-0.3, -0.25) is 14.7 Å². The average Bonchev–Trinajstić information content (AvgIpc) is 3.08. The van der Waals surface area contributed by atoms with Crippen molar-refractivity contribution < 1.29 is 9.59 Å². The number of carbonyl (C=O) groups excluding carboxylic acids is 2. The minimum Gasteiger partial charge on any atom is -0.349 e. The van der Waals surface area contributed by atoms with Crippen molar-refractivity contribution in [2.45, 2.75) is 18.9 Å². The van der Waals surface area contributed by atoms with Crippen LogP contribution in [0.25, 0.3) is 0 Å². The Morgan fingerprint density at radius 1 is 1.20 bits per heavy atom. The lowest BCUT2D eigenvalue weighted by Crippen LogP contribution is -2.26. The maximum Gasteiger partial charge on any atom is 0.258 e. The molecule has 1 aliphatic rings. The van der Waals surface area contributed by atoms with Crippen LogP contribution in [0, 0.1) is 0 Å². The van der Waals surface area contributed by atoms with E-state index < -0.39 is 0 Å². The predicted octanol–water partition coefficient (Wildman–Crippen LogP) is 1.55. The molecule has 6 heteroatoms. The molecule has 1 aromatic carbocycles. The van der Waals surface area contributed by atoms with Gasteiger partial charge in [0.05, 0.1) is 23.0 Å². The van der Waals surface area contributed by atoms with Crippen LogP contribution >= 0.6 is 0 Å². The van der Waals surface area contributed by atoms with Crippen molar-refractivity contribution in [1.82, 2.24) is 15.5 Å². The molecule has 0 aliphatic heterocycles. The molecule has 0 bridgehead atoms. The van der Waals surface area contributed by atoms with E-state index in [4.69, 9.17) is 0 Å². The summed E-state index contributed by atoms with van der Waals surface area (Å²) in [5.74, 6) is -0.457. The van der Waals surface area contributed by atoms with Gasteiger partial charge in [-0.15, -0.1) is 0 Å². The van der Waals surface area contributed by atoms with E-state index in [0.29, 0.717) is 16.8 Å². The van der Waals surface area contributed by atoms with Crippen molar-refractivity contribution in [1.29, 1.82) is 0 Å². The van der Waals surface area contributed by atoms with E-state index in [-0.39, 0.29) is 17.9 Å². The zero-order valence-corrected chi connectivity index (χ0v) is 10.7. The number of carbonyl (C=O) groups is 2. The van der Waals surface area contributed by atoms with Crippen LogP contribution in [-0.2, 0) is 0 Å². The predicted molar refractivity (Wildman–Crippen MR) is 73.5 cm³/mol. The first-order chi connectivity index (χ1) is 9.74. The van der Waals surface area contributed by atoms with Crippen molar-refractivity contribution >= 4 is 17.5 Å². The SMILES string of the molecule is O=C(Nc1ccccc1C(=O)NC1CC1)c1cn[nH]c1. The summed E-state index contributed by atoms with van der Waals surface area (Å²) in [7, 11) is 0. The van der Waals surface area contributed by atoms with Crippen LogP contribution < -0.4 is 10.6 Å². The monoisotopic (exact) mass is 270 g/mol. The number of aromatic amines is 1. The number of H-pyrrole nitrogens is 1. The second-order valence-corrected chi connectivity index (χ2v) is 4.73. The average molecular weight is 270 g/mol. The Morgan fingerprint density at radius 3 is 2.70 bits per heavy atom. The van der Waals surface area contributed by atoms with E-state index in [1.165, 1.54) is 12.4 Å². The van der Waals surface area contributed by atoms with Crippen LogP contribution in [0.1, 0.15) is 33.6 Å². The number of nitrogens with zero attached hydrogens (tertiary/aromatic N) is 1. The molecular weight excluding hydrogens is 256 g/mol. The standard InChI is InChI=1S/C14H14N4O2/c19-13(9-7-15-16-8-9)18-12-4-2-1-3-11(12)14(20)17-10-5-6-10/h1-4,7-8,10H,5-6H2,(H,15,16)(H,17,20)(H,18,19). The molecule has 0 atom stereocenters. The third-order valence-electron chi connectivity index (χ3n) is 3.09. The van der Waals surface area contributed by atoms with Crippen molar-refractivity contribution in [3.8, 4) is 0 Å². The fraction of sp³-hybridized carbons (Fsp3) is 0.214. The maximum atomic E-state index is 12.1. The molecule has 6 nitrogen and oxygen atoms in total. The zero-order chi connectivity index (χ0) is 13.9. The molecule has 1 heterocycles. The van der Waals surface area contributed by atoms with E-state index in [2.05, 4.69) is 20.8 Å². The maximum absolute atomic E-state index is 12.1. The van der Waals surface area contributed by atoms with Crippen molar-refractivity contribution in [3.05, 3.63) is 47.8 Å². The molecule has 0 saturated heterocycles. The summed E-state index contributed by atoms with van der Waals surface area (Å²) in [6.07, 6.45) is 4.98. The lowest BCUT2D eigenvalue weighted by molar-refractivity contribution is 0.0952. The molecule has 1 aliphatic carbocycles.